The monoisotopic (exact) mass is 344 g/mol. The van der Waals surface area contributed by atoms with E-state index in [0.717, 1.165) is 24.5 Å². The lowest BCUT2D eigenvalue weighted by molar-refractivity contribution is -0.385. The minimum atomic E-state index is -3.74. The highest BCUT2D eigenvalue weighted by Crippen LogP contribution is 2.22. The molecule has 0 aliphatic heterocycles. The number of non-ortho nitro benzene ring substituents is 1. The van der Waals surface area contributed by atoms with Crippen molar-refractivity contribution in [1.29, 1.82) is 0 Å². The Hall–Kier alpha value is -2.49. The van der Waals surface area contributed by atoms with E-state index in [2.05, 4.69) is 0 Å². The number of carboxylic acids is 1. The van der Waals surface area contributed by atoms with Crippen LogP contribution in [0.4, 0.5) is 5.69 Å². The van der Waals surface area contributed by atoms with Crippen LogP contribution in [0.5, 0.6) is 0 Å². The van der Waals surface area contributed by atoms with E-state index in [-0.39, 0.29) is 30.0 Å². The number of sulfone groups is 1. The standard InChI is InChI=1S/C13H16N2O7S/c1-3-14(5-4-12(16)17)13(18)9-6-10(15(19)20)8-11(7-9)23(2,21)22/h6-8H,3-5H2,1-2H3,(H,16,17). The number of nitro benzene ring substituents is 1. The first-order valence-electron chi connectivity index (χ1n) is 6.57. The second kappa shape index (κ2) is 7.18. The third kappa shape index (κ3) is 5.02. The maximum Gasteiger partial charge on any atom is 0.305 e. The van der Waals surface area contributed by atoms with Gasteiger partial charge in [0.15, 0.2) is 9.84 Å². The van der Waals surface area contributed by atoms with Crippen molar-refractivity contribution in [2.24, 2.45) is 0 Å². The van der Waals surface area contributed by atoms with Crippen molar-refractivity contribution in [3.8, 4) is 0 Å². The summed E-state index contributed by atoms with van der Waals surface area (Å²) in [5.41, 5.74) is -0.697. The average molecular weight is 344 g/mol. The van der Waals surface area contributed by atoms with Gasteiger partial charge in [0.2, 0.25) is 0 Å². The predicted octanol–water partition coefficient (Wildman–Crippen LogP) is 0.935. The molecule has 1 N–H and O–H groups in total. The number of amides is 1. The highest BCUT2D eigenvalue weighted by Gasteiger charge is 2.22. The number of carbonyl (C=O) groups excluding carboxylic acids is 1. The Labute approximate surface area is 132 Å². The maximum absolute atomic E-state index is 12.4. The van der Waals surface area contributed by atoms with Crippen LogP contribution in [0.1, 0.15) is 23.7 Å². The van der Waals surface area contributed by atoms with Gasteiger partial charge in [0, 0.05) is 37.0 Å². The number of rotatable bonds is 7. The Morgan fingerprint density at radius 2 is 1.91 bits per heavy atom. The molecule has 9 nitrogen and oxygen atoms in total. The predicted molar refractivity (Wildman–Crippen MR) is 80.0 cm³/mol. The Morgan fingerprint density at radius 3 is 2.35 bits per heavy atom. The van der Waals surface area contributed by atoms with Gasteiger partial charge in [-0.25, -0.2) is 8.42 Å². The highest BCUT2D eigenvalue weighted by atomic mass is 32.2. The molecule has 0 heterocycles. The molecule has 0 unspecified atom stereocenters. The van der Waals surface area contributed by atoms with Gasteiger partial charge in [-0.1, -0.05) is 0 Å². The highest BCUT2D eigenvalue weighted by molar-refractivity contribution is 7.90. The lowest BCUT2D eigenvalue weighted by Crippen LogP contribution is -2.33. The van der Waals surface area contributed by atoms with E-state index in [1.54, 1.807) is 6.92 Å². The van der Waals surface area contributed by atoms with Gasteiger partial charge in [0.25, 0.3) is 11.6 Å². The summed E-state index contributed by atoms with van der Waals surface area (Å²) < 4.78 is 23.2. The average Bonchev–Trinajstić information content (AvgIpc) is 2.45. The number of benzene rings is 1. The molecule has 10 heteroatoms. The molecule has 0 fully saturated rings. The van der Waals surface area contributed by atoms with Crippen LogP contribution in [0, 0.1) is 10.1 Å². The van der Waals surface area contributed by atoms with Crippen LogP contribution in [0.3, 0.4) is 0 Å². The third-order valence-corrected chi connectivity index (χ3v) is 4.13. The van der Waals surface area contributed by atoms with Crippen molar-refractivity contribution in [1.82, 2.24) is 4.90 Å². The first-order chi connectivity index (χ1) is 10.6. The SMILES string of the molecule is CCN(CCC(=O)O)C(=O)c1cc([N+](=O)[O-])cc(S(C)(=O)=O)c1. The molecule has 0 atom stereocenters. The number of carbonyl (C=O) groups is 2. The van der Waals surface area contributed by atoms with Crippen molar-refractivity contribution in [3.05, 3.63) is 33.9 Å². The number of carboxylic acid groups (broad SMARTS) is 1. The summed E-state index contributed by atoms with van der Waals surface area (Å²) in [6.45, 7) is 1.72. The van der Waals surface area contributed by atoms with Crippen LogP contribution in [0.25, 0.3) is 0 Å². The van der Waals surface area contributed by atoms with Gasteiger partial charge in [-0.15, -0.1) is 0 Å². The molecule has 0 radical (unpaired) electrons. The molecule has 1 aromatic carbocycles. The number of aliphatic carboxylic acids is 1. The van der Waals surface area contributed by atoms with Crippen molar-refractivity contribution in [3.63, 3.8) is 0 Å². The summed E-state index contributed by atoms with van der Waals surface area (Å²) in [5, 5.41) is 19.6. The Morgan fingerprint density at radius 1 is 1.30 bits per heavy atom. The molecule has 1 amide bonds. The van der Waals surface area contributed by atoms with Crippen LogP contribution >= 0.6 is 0 Å². The van der Waals surface area contributed by atoms with E-state index in [1.165, 1.54) is 4.90 Å². The third-order valence-electron chi connectivity index (χ3n) is 3.04. The number of nitro groups is 1. The summed E-state index contributed by atoms with van der Waals surface area (Å²) in [6.07, 6.45) is 0.593. The van der Waals surface area contributed by atoms with E-state index in [1.807, 2.05) is 0 Å². The second-order valence-corrected chi connectivity index (χ2v) is 6.79. The van der Waals surface area contributed by atoms with Gasteiger partial charge in [-0.2, -0.15) is 0 Å². The normalized spacial score (nSPS) is 11.0. The van der Waals surface area contributed by atoms with Crippen molar-refractivity contribution >= 4 is 27.4 Å². The van der Waals surface area contributed by atoms with Crippen LogP contribution in [0.15, 0.2) is 23.1 Å². The van der Waals surface area contributed by atoms with Gasteiger partial charge in [-0.3, -0.25) is 19.7 Å². The fourth-order valence-corrected chi connectivity index (χ4v) is 2.52. The summed E-state index contributed by atoms with van der Waals surface area (Å²) in [7, 11) is -3.74. The van der Waals surface area contributed by atoms with E-state index >= 15 is 0 Å². The van der Waals surface area contributed by atoms with E-state index in [9.17, 15) is 28.1 Å². The van der Waals surface area contributed by atoms with Gasteiger partial charge < -0.3 is 10.0 Å². The molecule has 0 spiro atoms. The Bertz CT molecular complexity index is 743. The Balaban J connectivity index is 3.29. The number of hydrogen-bond acceptors (Lipinski definition) is 6. The van der Waals surface area contributed by atoms with Crippen LogP contribution < -0.4 is 0 Å². The lowest BCUT2D eigenvalue weighted by atomic mass is 10.1. The van der Waals surface area contributed by atoms with E-state index in [4.69, 9.17) is 5.11 Å². The van der Waals surface area contributed by atoms with Gasteiger partial charge in [0.1, 0.15) is 0 Å². The molecule has 23 heavy (non-hydrogen) atoms. The molecule has 0 saturated carbocycles. The molecule has 1 aromatic rings. The minimum absolute atomic E-state index is 0.0818. The molecular formula is C13H16N2O7S. The van der Waals surface area contributed by atoms with E-state index in [0.29, 0.717) is 0 Å². The second-order valence-electron chi connectivity index (χ2n) is 4.77. The minimum Gasteiger partial charge on any atom is -0.481 e. The first-order valence-corrected chi connectivity index (χ1v) is 8.46. The Kier molecular flexibility index (Phi) is 5.79. The molecule has 0 bridgehead atoms. The van der Waals surface area contributed by atoms with Gasteiger partial charge in [0.05, 0.1) is 16.2 Å². The molecule has 1 rings (SSSR count). The van der Waals surface area contributed by atoms with Crippen LogP contribution in [-0.4, -0.2) is 54.6 Å². The maximum atomic E-state index is 12.4. The van der Waals surface area contributed by atoms with Crippen LogP contribution in [0.2, 0.25) is 0 Å². The molecule has 0 aliphatic carbocycles. The molecular weight excluding hydrogens is 328 g/mol. The molecule has 0 aromatic heterocycles. The summed E-state index contributed by atoms with van der Waals surface area (Å²) in [4.78, 5) is 33.9. The topological polar surface area (TPSA) is 135 Å². The zero-order chi connectivity index (χ0) is 17.8. The summed E-state index contributed by atoms with van der Waals surface area (Å²) in [5.74, 6) is -1.76. The zero-order valence-corrected chi connectivity index (χ0v) is 13.4. The van der Waals surface area contributed by atoms with Crippen molar-refractivity contribution < 1.29 is 28.0 Å². The van der Waals surface area contributed by atoms with Crippen molar-refractivity contribution in [2.75, 3.05) is 19.3 Å². The largest absolute Gasteiger partial charge is 0.481 e. The fourth-order valence-electron chi connectivity index (χ4n) is 1.84. The molecule has 0 saturated heterocycles. The first kappa shape index (κ1) is 18.6. The molecule has 0 aliphatic rings. The van der Waals surface area contributed by atoms with Crippen LogP contribution in [-0.2, 0) is 14.6 Å². The lowest BCUT2D eigenvalue weighted by Gasteiger charge is -2.20. The number of hydrogen-bond donors (Lipinski definition) is 1. The van der Waals surface area contributed by atoms with Gasteiger partial charge in [-0.05, 0) is 13.0 Å². The smallest absolute Gasteiger partial charge is 0.305 e. The van der Waals surface area contributed by atoms with E-state index < -0.39 is 32.3 Å². The molecule has 126 valence electrons. The zero-order valence-electron chi connectivity index (χ0n) is 12.6. The summed E-state index contributed by atoms with van der Waals surface area (Å²) in [6, 6.07) is 2.90. The van der Waals surface area contributed by atoms with Crippen molar-refractivity contribution in [2.45, 2.75) is 18.2 Å². The number of nitrogens with zero attached hydrogens (tertiary/aromatic N) is 2. The summed E-state index contributed by atoms with van der Waals surface area (Å²) >= 11 is 0. The van der Waals surface area contributed by atoms with Gasteiger partial charge >= 0.3 is 5.97 Å². The quantitative estimate of drug-likeness (QED) is 0.574. The fraction of sp³-hybridized carbons (Fsp3) is 0.385.